The molecule has 0 aliphatic rings. The van der Waals surface area contributed by atoms with E-state index in [4.69, 9.17) is 9.66 Å². The normalized spacial score (nSPS) is 10.8. The Bertz CT molecular complexity index is 191. The summed E-state index contributed by atoms with van der Waals surface area (Å²) in [6, 6.07) is 0. The van der Waals surface area contributed by atoms with Gasteiger partial charge in [-0.3, -0.25) is 4.55 Å². The van der Waals surface area contributed by atoms with E-state index in [9.17, 15) is 13.2 Å². The molecule has 0 aliphatic carbocycles. The highest BCUT2D eigenvalue weighted by atomic mass is 32.3. The number of carboxylic acid groups (broad SMARTS) is 1. The monoisotopic (exact) mass is 157 g/mol. The van der Waals surface area contributed by atoms with E-state index in [1.165, 1.54) is 0 Å². The lowest BCUT2D eigenvalue weighted by Gasteiger charge is -1.93. The summed E-state index contributed by atoms with van der Waals surface area (Å²) < 4.78 is 29.9. The molecule has 54 valence electrons. The first-order valence-corrected chi connectivity index (χ1v) is 2.93. The van der Waals surface area contributed by atoms with E-state index in [0.29, 0.717) is 0 Å². The first kappa shape index (κ1) is 8.14. The molecule has 0 spiro atoms. The fourth-order valence-electron chi connectivity index (χ4n) is 0.0883. The van der Waals surface area contributed by atoms with Gasteiger partial charge in [0.15, 0.2) is 0 Å². The van der Waals surface area contributed by atoms with Crippen molar-refractivity contribution in [3.05, 3.63) is 0 Å². The Kier molecular flexibility index (Phi) is 2.37. The van der Waals surface area contributed by atoms with Crippen molar-refractivity contribution in [3.63, 3.8) is 0 Å². The molecule has 0 unspecified atom stereocenters. The lowest BCUT2D eigenvalue weighted by atomic mass is 11.3. The van der Waals surface area contributed by atoms with Gasteiger partial charge in [0.25, 0.3) is 0 Å². The molecule has 0 bridgehead atoms. The molecule has 1 amide bonds. The van der Waals surface area contributed by atoms with E-state index in [0.717, 1.165) is 5.48 Å². The summed E-state index contributed by atoms with van der Waals surface area (Å²) >= 11 is 0. The van der Waals surface area contributed by atoms with Crippen molar-refractivity contribution in [1.29, 1.82) is 0 Å². The topological polar surface area (TPSA) is 113 Å². The molecular formula is CH3NO6S. The summed E-state index contributed by atoms with van der Waals surface area (Å²) in [6.07, 6.45) is -1.72. The molecule has 0 fully saturated rings. The average molecular weight is 157 g/mol. The van der Waals surface area contributed by atoms with Crippen molar-refractivity contribution in [3.8, 4) is 0 Å². The van der Waals surface area contributed by atoms with Crippen LogP contribution in [-0.4, -0.2) is 24.2 Å². The van der Waals surface area contributed by atoms with Crippen molar-refractivity contribution < 1.29 is 27.2 Å². The Morgan fingerprint density at radius 3 is 2.11 bits per heavy atom. The van der Waals surface area contributed by atoms with Gasteiger partial charge in [-0.15, -0.1) is 4.28 Å². The predicted molar refractivity (Wildman–Crippen MR) is 23.8 cm³/mol. The number of rotatable bonds is 2. The van der Waals surface area contributed by atoms with E-state index in [1.807, 2.05) is 0 Å². The molecule has 0 heterocycles. The van der Waals surface area contributed by atoms with E-state index in [-0.39, 0.29) is 0 Å². The lowest BCUT2D eigenvalue weighted by molar-refractivity contribution is 0.129. The minimum Gasteiger partial charge on any atom is -0.464 e. The summed E-state index contributed by atoms with van der Waals surface area (Å²) in [5.74, 6) is 0. The molecule has 0 rings (SSSR count). The fourth-order valence-corrected chi connectivity index (χ4v) is 0.265. The van der Waals surface area contributed by atoms with Crippen LogP contribution in [0.25, 0.3) is 0 Å². The van der Waals surface area contributed by atoms with Crippen molar-refractivity contribution in [2.24, 2.45) is 0 Å². The van der Waals surface area contributed by atoms with Crippen LogP contribution in [0.3, 0.4) is 0 Å². The van der Waals surface area contributed by atoms with Crippen molar-refractivity contribution in [2.75, 3.05) is 0 Å². The smallest absolute Gasteiger partial charge is 0.430 e. The summed E-state index contributed by atoms with van der Waals surface area (Å²) in [5, 5.41) is 7.67. The Labute approximate surface area is 50.2 Å². The van der Waals surface area contributed by atoms with Gasteiger partial charge in [0.1, 0.15) is 0 Å². The molecule has 0 saturated carbocycles. The summed E-state index contributed by atoms with van der Waals surface area (Å²) in [4.78, 5) is 9.43. The van der Waals surface area contributed by atoms with Crippen LogP contribution < -0.4 is 5.48 Å². The molecule has 0 aromatic heterocycles. The Morgan fingerprint density at radius 2 is 2.00 bits per heavy atom. The van der Waals surface area contributed by atoms with Gasteiger partial charge in [0, 0.05) is 0 Å². The van der Waals surface area contributed by atoms with Crippen LogP contribution in [0.15, 0.2) is 0 Å². The first-order chi connectivity index (χ1) is 3.92. The molecule has 0 radical (unpaired) electrons. The third-order valence-corrected chi connectivity index (χ3v) is 0.528. The molecule has 7 nitrogen and oxygen atoms in total. The van der Waals surface area contributed by atoms with Crippen LogP contribution in [0.2, 0.25) is 0 Å². The quantitative estimate of drug-likeness (QED) is 0.349. The fraction of sp³-hybridized carbons (Fsp3) is 0. The summed E-state index contributed by atoms with van der Waals surface area (Å²) in [7, 11) is -4.71. The molecule has 0 aromatic rings. The average Bonchev–Trinajstić information content (AvgIpc) is 1.59. The zero-order chi connectivity index (χ0) is 7.49. The Morgan fingerprint density at radius 1 is 1.56 bits per heavy atom. The highest BCUT2D eigenvalue weighted by molar-refractivity contribution is 7.80. The number of hydroxylamine groups is 1. The van der Waals surface area contributed by atoms with Gasteiger partial charge < -0.3 is 5.11 Å². The highest BCUT2D eigenvalue weighted by Crippen LogP contribution is 1.78. The third kappa shape index (κ3) is 7.14. The van der Waals surface area contributed by atoms with E-state index in [2.05, 4.69) is 4.28 Å². The molecule has 0 aliphatic heterocycles. The maximum Gasteiger partial charge on any atom is 0.430 e. The SMILES string of the molecule is O=C(O)NOS(=O)(=O)O. The standard InChI is InChI=1S/CH3NO6S/c3-1(4)2-8-9(5,6)7/h2H,(H,3,4)(H,5,6,7). The van der Waals surface area contributed by atoms with Gasteiger partial charge in [0.05, 0.1) is 0 Å². The van der Waals surface area contributed by atoms with Gasteiger partial charge in [-0.2, -0.15) is 13.9 Å². The maximum absolute atomic E-state index is 9.54. The second kappa shape index (κ2) is 2.62. The lowest BCUT2D eigenvalue weighted by Crippen LogP contribution is -2.24. The summed E-state index contributed by atoms with van der Waals surface area (Å²) in [6.45, 7) is 0. The number of amides is 1. The molecular weight excluding hydrogens is 154 g/mol. The van der Waals surface area contributed by atoms with Crippen molar-refractivity contribution in [1.82, 2.24) is 5.48 Å². The predicted octanol–water partition coefficient (Wildman–Crippen LogP) is -1.01. The van der Waals surface area contributed by atoms with Crippen LogP contribution in [-0.2, 0) is 14.7 Å². The van der Waals surface area contributed by atoms with E-state index in [1.54, 1.807) is 0 Å². The van der Waals surface area contributed by atoms with Crippen molar-refractivity contribution >= 4 is 16.5 Å². The maximum atomic E-state index is 9.54. The van der Waals surface area contributed by atoms with Gasteiger partial charge in [-0.05, 0) is 0 Å². The first-order valence-electron chi connectivity index (χ1n) is 1.56. The molecule has 0 saturated heterocycles. The van der Waals surface area contributed by atoms with Crippen LogP contribution in [0.1, 0.15) is 0 Å². The zero-order valence-corrected chi connectivity index (χ0v) is 4.75. The highest BCUT2D eigenvalue weighted by Gasteiger charge is 2.05. The Balaban J connectivity index is 3.67. The number of nitrogens with one attached hydrogen (secondary N) is 1. The van der Waals surface area contributed by atoms with Gasteiger partial charge >= 0.3 is 16.5 Å². The van der Waals surface area contributed by atoms with Gasteiger partial charge in [-0.1, -0.05) is 0 Å². The minimum atomic E-state index is -4.71. The third-order valence-electron chi connectivity index (χ3n) is 0.234. The molecule has 3 N–H and O–H groups in total. The largest absolute Gasteiger partial charge is 0.464 e. The van der Waals surface area contributed by atoms with E-state index >= 15 is 0 Å². The van der Waals surface area contributed by atoms with Gasteiger partial charge in [-0.25, -0.2) is 4.79 Å². The van der Waals surface area contributed by atoms with Crippen LogP contribution in [0, 0.1) is 0 Å². The van der Waals surface area contributed by atoms with Crippen LogP contribution >= 0.6 is 0 Å². The number of carbonyl (C=O) groups is 1. The second-order valence-corrected chi connectivity index (χ2v) is 1.94. The van der Waals surface area contributed by atoms with Gasteiger partial charge in [0.2, 0.25) is 0 Å². The molecule has 0 atom stereocenters. The molecule has 0 aromatic carbocycles. The number of hydrogen-bond acceptors (Lipinski definition) is 4. The molecule has 9 heavy (non-hydrogen) atoms. The molecule has 8 heteroatoms. The minimum absolute atomic E-state index is 0.964. The second-order valence-electron chi connectivity index (χ2n) is 0.918. The van der Waals surface area contributed by atoms with Crippen molar-refractivity contribution in [2.45, 2.75) is 0 Å². The van der Waals surface area contributed by atoms with E-state index < -0.39 is 16.5 Å². The Hall–Kier alpha value is -0.860. The zero-order valence-electron chi connectivity index (χ0n) is 3.94. The van der Waals surface area contributed by atoms with Crippen LogP contribution in [0.4, 0.5) is 4.79 Å². The van der Waals surface area contributed by atoms with Crippen LogP contribution in [0.5, 0.6) is 0 Å². The summed E-state index contributed by atoms with van der Waals surface area (Å²) in [5.41, 5.74) is 0.964. The number of hydrogen-bond donors (Lipinski definition) is 3.